The average Bonchev–Trinajstić information content (AvgIpc) is 3.39. The molecule has 1 aromatic carbocycles. The normalized spacial score (nSPS) is 19.6. The summed E-state index contributed by atoms with van der Waals surface area (Å²) >= 11 is 2.84. The molecule has 2 aromatic rings. The van der Waals surface area contributed by atoms with Crippen molar-refractivity contribution < 1.29 is 14.7 Å². The summed E-state index contributed by atoms with van der Waals surface area (Å²) < 4.78 is 0. The SMILES string of the molecule is CC(C)(C)c1cc(-c2csc(C3CCN(C(=O)CC4SC(N)=NC4=O)CC3)n2)cc(C(C)(C)C)c1O. The lowest BCUT2D eigenvalue weighted by atomic mass is 9.78. The molecule has 1 atom stereocenters. The first kappa shape index (κ1) is 26.7. The van der Waals surface area contributed by atoms with Crippen molar-refractivity contribution in [3.05, 3.63) is 33.6 Å². The van der Waals surface area contributed by atoms with Gasteiger partial charge in [-0.25, -0.2) is 4.98 Å². The van der Waals surface area contributed by atoms with E-state index < -0.39 is 5.25 Å². The molecule has 2 amide bonds. The van der Waals surface area contributed by atoms with E-state index in [1.807, 2.05) is 4.90 Å². The smallest absolute Gasteiger partial charge is 0.262 e. The molecule has 4 rings (SSSR count). The number of amides is 2. The Hall–Kier alpha value is -2.39. The third kappa shape index (κ3) is 5.62. The molecule has 1 saturated heterocycles. The lowest BCUT2D eigenvalue weighted by Crippen LogP contribution is -2.39. The van der Waals surface area contributed by atoms with Gasteiger partial charge in [0, 0.05) is 47.5 Å². The first-order valence-corrected chi connectivity index (χ1v) is 14.2. The van der Waals surface area contributed by atoms with E-state index in [0.29, 0.717) is 24.8 Å². The number of hydrogen-bond donors (Lipinski definition) is 2. The number of aromatic hydroxyl groups is 1. The van der Waals surface area contributed by atoms with Crippen LogP contribution in [-0.4, -0.2) is 50.3 Å². The van der Waals surface area contributed by atoms with Gasteiger partial charge in [0.2, 0.25) is 5.91 Å². The third-order valence-corrected chi connectivity index (χ3v) is 8.85. The second-order valence-electron chi connectivity index (χ2n) is 11.7. The van der Waals surface area contributed by atoms with E-state index in [9.17, 15) is 14.7 Å². The van der Waals surface area contributed by atoms with E-state index in [4.69, 9.17) is 10.7 Å². The molecule has 3 heterocycles. The number of piperidine rings is 1. The van der Waals surface area contributed by atoms with Gasteiger partial charge < -0.3 is 15.7 Å². The number of hydrogen-bond acceptors (Lipinski definition) is 7. The monoisotopic (exact) mass is 528 g/mol. The van der Waals surface area contributed by atoms with E-state index in [-0.39, 0.29) is 34.2 Å². The van der Waals surface area contributed by atoms with Crippen LogP contribution in [0.4, 0.5) is 0 Å². The number of phenols is 1. The molecule has 0 bridgehead atoms. The summed E-state index contributed by atoms with van der Waals surface area (Å²) in [6.07, 6.45) is 1.84. The molecular formula is C27H36N4O3S2. The van der Waals surface area contributed by atoms with Gasteiger partial charge in [0.25, 0.3) is 5.91 Å². The van der Waals surface area contributed by atoms with E-state index in [1.165, 1.54) is 11.8 Å². The van der Waals surface area contributed by atoms with Crippen LogP contribution in [0.3, 0.4) is 0 Å². The number of nitrogens with zero attached hydrogens (tertiary/aromatic N) is 3. The van der Waals surface area contributed by atoms with Gasteiger partial charge in [0.1, 0.15) is 11.0 Å². The highest BCUT2D eigenvalue weighted by Gasteiger charge is 2.33. The molecular weight excluding hydrogens is 492 g/mol. The topological polar surface area (TPSA) is 109 Å². The Labute approximate surface area is 221 Å². The van der Waals surface area contributed by atoms with Crippen molar-refractivity contribution in [3.8, 4) is 17.0 Å². The first-order valence-electron chi connectivity index (χ1n) is 12.4. The minimum absolute atomic E-state index is 0.0162. The van der Waals surface area contributed by atoms with Crippen LogP contribution >= 0.6 is 23.1 Å². The molecule has 1 aromatic heterocycles. The molecule has 0 saturated carbocycles. The van der Waals surface area contributed by atoms with Gasteiger partial charge in [0.15, 0.2) is 5.17 Å². The van der Waals surface area contributed by atoms with Gasteiger partial charge in [-0.15, -0.1) is 11.3 Å². The number of likely N-dealkylation sites (tertiary alicyclic amines) is 1. The van der Waals surface area contributed by atoms with E-state index >= 15 is 0 Å². The van der Waals surface area contributed by atoms with Crippen LogP contribution < -0.4 is 5.73 Å². The van der Waals surface area contributed by atoms with Gasteiger partial charge in [-0.1, -0.05) is 53.3 Å². The quantitative estimate of drug-likeness (QED) is 0.567. The number of thioether (sulfide) groups is 1. The van der Waals surface area contributed by atoms with Crippen molar-refractivity contribution in [1.82, 2.24) is 9.88 Å². The van der Waals surface area contributed by atoms with Crippen molar-refractivity contribution in [2.24, 2.45) is 10.7 Å². The van der Waals surface area contributed by atoms with Crippen LogP contribution in [-0.2, 0) is 20.4 Å². The number of rotatable bonds is 4. The number of phenolic OH excluding ortho intramolecular Hbond substituents is 1. The molecule has 2 aliphatic rings. The fourth-order valence-electron chi connectivity index (χ4n) is 4.73. The molecule has 1 fully saturated rings. The Kier molecular flexibility index (Phi) is 7.27. The number of carbonyl (C=O) groups excluding carboxylic acids is 2. The van der Waals surface area contributed by atoms with E-state index in [1.54, 1.807) is 11.3 Å². The van der Waals surface area contributed by atoms with E-state index in [2.05, 4.69) is 64.0 Å². The van der Waals surface area contributed by atoms with E-state index in [0.717, 1.165) is 40.2 Å². The van der Waals surface area contributed by atoms with Crippen LogP contribution in [0.2, 0.25) is 0 Å². The zero-order valence-electron chi connectivity index (χ0n) is 21.9. The highest BCUT2D eigenvalue weighted by Crippen LogP contribution is 2.42. The van der Waals surface area contributed by atoms with Gasteiger partial charge in [-0.2, -0.15) is 4.99 Å². The maximum atomic E-state index is 12.7. The highest BCUT2D eigenvalue weighted by molar-refractivity contribution is 8.15. The number of amidine groups is 1. The van der Waals surface area contributed by atoms with Crippen LogP contribution in [0.1, 0.15) is 82.9 Å². The number of aromatic nitrogens is 1. The molecule has 194 valence electrons. The standard InChI is InChI=1S/C27H36N4O3S2/c1-26(2,3)17-11-16(12-18(22(17)33)27(4,5)6)19-14-35-24(29-19)15-7-9-31(10-8-15)21(32)13-20-23(34)30-25(28)36-20/h11-12,14-15,20,33H,7-10,13H2,1-6H3,(H2,28,30,34). The van der Waals surface area contributed by atoms with Gasteiger partial charge >= 0.3 is 0 Å². The number of aliphatic imine (C=N–C) groups is 1. The highest BCUT2D eigenvalue weighted by atomic mass is 32.2. The fourth-order valence-corrected chi connectivity index (χ4v) is 6.54. The summed E-state index contributed by atoms with van der Waals surface area (Å²) in [7, 11) is 0. The summed E-state index contributed by atoms with van der Waals surface area (Å²) in [5.41, 5.74) is 9.03. The molecule has 1 unspecified atom stereocenters. The summed E-state index contributed by atoms with van der Waals surface area (Å²) in [5, 5.41) is 14.0. The van der Waals surface area contributed by atoms with Crippen molar-refractivity contribution in [2.45, 2.75) is 82.8 Å². The maximum absolute atomic E-state index is 12.7. The summed E-state index contributed by atoms with van der Waals surface area (Å²) in [4.78, 5) is 35.1. The first-order chi connectivity index (χ1) is 16.7. The maximum Gasteiger partial charge on any atom is 0.262 e. The van der Waals surface area contributed by atoms with Crippen molar-refractivity contribution in [3.63, 3.8) is 0 Å². The van der Waals surface area contributed by atoms with Crippen LogP contribution in [0, 0.1) is 0 Å². The molecule has 9 heteroatoms. The zero-order valence-corrected chi connectivity index (χ0v) is 23.6. The minimum atomic E-state index is -0.488. The Morgan fingerprint density at radius 1 is 1.11 bits per heavy atom. The molecule has 0 radical (unpaired) electrons. The van der Waals surface area contributed by atoms with Crippen LogP contribution in [0.25, 0.3) is 11.3 Å². The van der Waals surface area contributed by atoms with Gasteiger partial charge in [-0.3, -0.25) is 9.59 Å². The molecule has 2 aliphatic heterocycles. The largest absolute Gasteiger partial charge is 0.507 e. The van der Waals surface area contributed by atoms with Gasteiger partial charge in [0.05, 0.1) is 10.7 Å². The number of benzene rings is 1. The number of carbonyl (C=O) groups is 2. The lowest BCUT2D eigenvalue weighted by Gasteiger charge is -2.31. The van der Waals surface area contributed by atoms with Crippen molar-refractivity contribution in [2.75, 3.05) is 13.1 Å². The minimum Gasteiger partial charge on any atom is -0.507 e. The fraction of sp³-hybridized carbons (Fsp3) is 0.556. The molecule has 3 N–H and O–H groups in total. The van der Waals surface area contributed by atoms with Crippen LogP contribution in [0.5, 0.6) is 5.75 Å². The Morgan fingerprint density at radius 2 is 1.69 bits per heavy atom. The predicted octanol–water partition coefficient (Wildman–Crippen LogP) is 5.16. The zero-order chi connectivity index (χ0) is 26.4. The number of thiazole rings is 1. The molecule has 36 heavy (non-hydrogen) atoms. The Balaban J connectivity index is 1.47. The van der Waals surface area contributed by atoms with Gasteiger partial charge in [-0.05, 0) is 35.8 Å². The summed E-state index contributed by atoms with van der Waals surface area (Å²) in [5.74, 6) is 0.348. The van der Waals surface area contributed by atoms with Crippen molar-refractivity contribution in [1.29, 1.82) is 0 Å². The van der Waals surface area contributed by atoms with Crippen LogP contribution in [0.15, 0.2) is 22.5 Å². The molecule has 7 nitrogen and oxygen atoms in total. The lowest BCUT2D eigenvalue weighted by molar-refractivity contribution is -0.133. The predicted molar refractivity (Wildman–Crippen MR) is 148 cm³/mol. The third-order valence-electron chi connectivity index (χ3n) is 6.86. The average molecular weight is 529 g/mol. The molecule has 0 aliphatic carbocycles. The number of nitrogens with two attached hydrogens (primary N) is 1. The summed E-state index contributed by atoms with van der Waals surface area (Å²) in [6.45, 7) is 14.0. The van der Waals surface area contributed by atoms with Crippen molar-refractivity contribution >= 4 is 40.1 Å². The summed E-state index contributed by atoms with van der Waals surface area (Å²) in [6, 6.07) is 4.15. The Morgan fingerprint density at radius 3 is 2.19 bits per heavy atom. The molecule has 0 spiro atoms. The Bertz CT molecular complexity index is 1160. The second kappa shape index (κ2) is 9.82. The second-order valence-corrected chi connectivity index (χ2v) is 13.9.